The Kier molecular flexibility index (Phi) is 5.38. The summed E-state index contributed by atoms with van der Waals surface area (Å²) >= 11 is 0. The second kappa shape index (κ2) is 7.26. The van der Waals surface area contributed by atoms with Crippen LogP contribution in [0.1, 0.15) is 19.4 Å². The van der Waals surface area contributed by atoms with Crippen LogP contribution in [-0.2, 0) is 11.3 Å². The van der Waals surface area contributed by atoms with E-state index < -0.39 is 0 Å². The molecule has 0 aliphatic carbocycles. The Labute approximate surface area is 131 Å². The highest BCUT2D eigenvalue weighted by Gasteiger charge is 2.31. The third kappa shape index (κ3) is 3.76. The van der Waals surface area contributed by atoms with Gasteiger partial charge in [-0.15, -0.1) is 0 Å². The quantitative estimate of drug-likeness (QED) is 0.864. The normalized spacial score (nSPS) is 15.8. The Morgan fingerprint density at radius 2 is 2.09 bits per heavy atom. The number of carbonyl (C=O) groups excluding carboxylic acids is 2. The van der Waals surface area contributed by atoms with E-state index in [1.807, 2.05) is 50.1 Å². The number of amides is 3. The topological polar surface area (TPSA) is 61.9 Å². The predicted octanol–water partition coefficient (Wildman–Crippen LogP) is 1.46. The lowest BCUT2D eigenvalue weighted by molar-refractivity contribution is -0.132. The molecule has 0 bridgehead atoms. The van der Waals surface area contributed by atoms with Gasteiger partial charge in [0, 0.05) is 19.6 Å². The minimum Gasteiger partial charge on any atom is -0.494 e. The molecule has 1 saturated heterocycles. The number of hydrogen-bond donors (Lipinski definition) is 1. The third-order valence-electron chi connectivity index (χ3n) is 3.81. The molecule has 2 rings (SSSR count). The van der Waals surface area contributed by atoms with Crippen molar-refractivity contribution < 1.29 is 14.3 Å². The first-order valence-electron chi connectivity index (χ1n) is 7.54. The maximum Gasteiger partial charge on any atom is 0.324 e. The lowest BCUT2D eigenvalue weighted by Crippen LogP contribution is -2.46. The summed E-state index contributed by atoms with van der Waals surface area (Å²) in [6, 6.07) is 7.17. The molecular formula is C16H23N3O3. The first-order valence-corrected chi connectivity index (χ1v) is 7.54. The van der Waals surface area contributed by atoms with Crippen LogP contribution >= 0.6 is 0 Å². The molecule has 3 amide bonds. The van der Waals surface area contributed by atoms with Crippen molar-refractivity contribution in [1.29, 1.82) is 0 Å². The molecule has 1 heterocycles. The Balaban J connectivity index is 1.94. The highest BCUT2D eigenvalue weighted by atomic mass is 16.5. The molecule has 1 atom stereocenters. The van der Waals surface area contributed by atoms with E-state index in [0.717, 1.165) is 11.3 Å². The zero-order chi connectivity index (χ0) is 16.1. The molecule has 0 saturated carbocycles. The van der Waals surface area contributed by atoms with E-state index in [-0.39, 0.29) is 18.0 Å². The summed E-state index contributed by atoms with van der Waals surface area (Å²) in [5.41, 5.74) is 1.09. The summed E-state index contributed by atoms with van der Waals surface area (Å²) in [5, 5.41) is 2.65. The number of imide groups is 1. The van der Waals surface area contributed by atoms with Crippen LogP contribution in [0.3, 0.4) is 0 Å². The van der Waals surface area contributed by atoms with Crippen LogP contribution in [0.15, 0.2) is 24.3 Å². The fourth-order valence-electron chi connectivity index (χ4n) is 2.38. The van der Waals surface area contributed by atoms with E-state index in [9.17, 15) is 9.59 Å². The smallest absolute Gasteiger partial charge is 0.324 e. The van der Waals surface area contributed by atoms with Crippen molar-refractivity contribution >= 4 is 11.9 Å². The van der Waals surface area contributed by atoms with E-state index in [2.05, 4.69) is 5.32 Å². The van der Waals surface area contributed by atoms with Gasteiger partial charge in [0.05, 0.1) is 12.6 Å². The second-order valence-electron chi connectivity index (χ2n) is 5.39. The van der Waals surface area contributed by atoms with E-state index in [0.29, 0.717) is 26.2 Å². The molecule has 0 unspecified atom stereocenters. The van der Waals surface area contributed by atoms with E-state index in [1.54, 1.807) is 0 Å². The SMILES string of the molecule is CCOc1ccc(CN(C)[C@H](C)C(=O)N2CCNC2=O)cc1. The Hall–Kier alpha value is -2.08. The van der Waals surface area contributed by atoms with Gasteiger partial charge >= 0.3 is 6.03 Å². The molecule has 1 N–H and O–H groups in total. The Morgan fingerprint density at radius 3 is 2.64 bits per heavy atom. The van der Waals surface area contributed by atoms with Gasteiger partial charge in [0.1, 0.15) is 5.75 Å². The molecule has 1 aromatic carbocycles. The molecule has 6 nitrogen and oxygen atoms in total. The van der Waals surface area contributed by atoms with Crippen LogP contribution in [0.4, 0.5) is 4.79 Å². The van der Waals surface area contributed by atoms with Crippen LogP contribution in [0, 0.1) is 0 Å². The van der Waals surface area contributed by atoms with Gasteiger partial charge in [0.2, 0.25) is 5.91 Å². The highest BCUT2D eigenvalue weighted by Crippen LogP contribution is 2.15. The zero-order valence-electron chi connectivity index (χ0n) is 13.3. The second-order valence-corrected chi connectivity index (χ2v) is 5.39. The van der Waals surface area contributed by atoms with Gasteiger partial charge in [-0.3, -0.25) is 14.6 Å². The van der Waals surface area contributed by atoms with Crippen molar-refractivity contribution in [2.24, 2.45) is 0 Å². The van der Waals surface area contributed by atoms with Gasteiger partial charge in [-0.1, -0.05) is 12.1 Å². The third-order valence-corrected chi connectivity index (χ3v) is 3.81. The number of hydrogen-bond acceptors (Lipinski definition) is 4. The molecule has 1 aromatic rings. The number of carbonyl (C=O) groups is 2. The lowest BCUT2D eigenvalue weighted by atomic mass is 10.1. The van der Waals surface area contributed by atoms with Crippen LogP contribution in [0.5, 0.6) is 5.75 Å². The predicted molar refractivity (Wildman–Crippen MR) is 83.7 cm³/mol. The van der Waals surface area contributed by atoms with Crippen molar-refractivity contribution in [2.75, 3.05) is 26.7 Å². The summed E-state index contributed by atoms with van der Waals surface area (Å²) in [4.78, 5) is 27.1. The van der Waals surface area contributed by atoms with E-state index in [1.165, 1.54) is 4.90 Å². The maximum absolute atomic E-state index is 12.3. The van der Waals surface area contributed by atoms with Crippen LogP contribution in [0.2, 0.25) is 0 Å². The van der Waals surface area contributed by atoms with Crippen LogP contribution in [0.25, 0.3) is 0 Å². The first-order chi connectivity index (χ1) is 10.5. The Morgan fingerprint density at radius 1 is 1.41 bits per heavy atom. The molecule has 6 heteroatoms. The van der Waals surface area contributed by atoms with Crippen molar-refractivity contribution in [1.82, 2.24) is 15.1 Å². The number of nitrogens with zero attached hydrogens (tertiary/aromatic N) is 2. The summed E-state index contributed by atoms with van der Waals surface area (Å²) in [7, 11) is 1.88. The van der Waals surface area contributed by atoms with E-state index in [4.69, 9.17) is 4.74 Å². The lowest BCUT2D eigenvalue weighted by Gasteiger charge is -2.26. The van der Waals surface area contributed by atoms with E-state index >= 15 is 0 Å². The largest absolute Gasteiger partial charge is 0.494 e. The number of benzene rings is 1. The number of likely N-dealkylation sites (N-methyl/N-ethyl adjacent to an activating group) is 1. The van der Waals surface area contributed by atoms with Crippen molar-refractivity contribution in [3.63, 3.8) is 0 Å². The summed E-state index contributed by atoms with van der Waals surface area (Å²) in [5.74, 6) is 0.676. The highest BCUT2D eigenvalue weighted by molar-refractivity contribution is 5.98. The van der Waals surface area contributed by atoms with Crippen LogP contribution < -0.4 is 10.1 Å². The van der Waals surface area contributed by atoms with Gasteiger partial charge in [0.15, 0.2) is 0 Å². The number of rotatable bonds is 6. The van der Waals surface area contributed by atoms with Gasteiger partial charge in [-0.2, -0.15) is 0 Å². The van der Waals surface area contributed by atoms with Crippen molar-refractivity contribution in [2.45, 2.75) is 26.4 Å². The summed E-state index contributed by atoms with van der Waals surface area (Å²) < 4.78 is 5.41. The average Bonchev–Trinajstić information content (AvgIpc) is 2.94. The molecule has 1 fully saturated rings. The number of nitrogens with one attached hydrogen (secondary N) is 1. The average molecular weight is 305 g/mol. The molecule has 120 valence electrons. The van der Waals surface area contributed by atoms with Crippen molar-refractivity contribution in [3.05, 3.63) is 29.8 Å². The molecule has 1 aliphatic rings. The van der Waals surface area contributed by atoms with Crippen LogP contribution in [-0.4, -0.2) is 54.5 Å². The monoisotopic (exact) mass is 305 g/mol. The minimum atomic E-state index is -0.351. The standard InChI is InChI=1S/C16H23N3O3/c1-4-22-14-7-5-13(6-8-14)11-18(3)12(2)15(20)19-10-9-17-16(19)21/h5-8,12H,4,9-11H2,1-3H3,(H,17,21)/t12-/m1/s1. The molecule has 1 aliphatic heterocycles. The summed E-state index contributed by atoms with van der Waals surface area (Å²) in [6.07, 6.45) is 0. The van der Waals surface area contributed by atoms with Crippen molar-refractivity contribution in [3.8, 4) is 5.75 Å². The fraction of sp³-hybridized carbons (Fsp3) is 0.500. The first kappa shape index (κ1) is 16.3. The molecule has 0 spiro atoms. The molecular weight excluding hydrogens is 282 g/mol. The molecule has 22 heavy (non-hydrogen) atoms. The number of urea groups is 1. The fourth-order valence-corrected chi connectivity index (χ4v) is 2.38. The maximum atomic E-state index is 12.3. The Bertz CT molecular complexity index is 530. The summed E-state index contributed by atoms with van der Waals surface area (Å²) in [6.45, 7) is 6.02. The molecule has 0 aromatic heterocycles. The zero-order valence-corrected chi connectivity index (χ0v) is 13.3. The minimum absolute atomic E-state index is 0.163. The van der Waals surface area contributed by atoms with Gasteiger partial charge < -0.3 is 10.1 Å². The van der Waals surface area contributed by atoms with Gasteiger partial charge in [0.25, 0.3) is 0 Å². The number of ether oxygens (including phenoxy) is 1. The van der Waals surface area contributed by atoms with Gasteiger partial charge in [-0.25, -0.2) is 4.79 Å². The van der Waals surface area contributed by atoms with Gasteiger partial charge in [-0.05, 0) is 38.6 Å². The molecule has 0 radical (unpaired) electrons.